The van der Waals surface area contributed by atoms with Gasteiger partial charge in [0, 0.05) is 0 Å². The van der Waals surface area contributed by atoms with Crippen molar-refractivity contribution in [3.63, 3.8) is 0 Å². The normalized spacial score (nSPS) is 6.60. The van der Waals surface area contributed by atoms with E-state index in [4.69, 9.17) is 0 Å². The van der Waals surface area contributed by atoms with E-state index in [2.05, 4.69) is 27.4 Å². The topological polar surface area (TPSA) is 0 Å². The van der Waals surface area contributed by atoms with Crippen LogP contribution < -0.4 is 18.9 Å². The van der Waals surface area contributed by atoms with Gasteiger partial charge in [-0.25, -0.2) is 19.6 Å². The minimum absolute atomic E-state index is 0. The van der Waals surface area contributed by atoms with E-state index in [1.807, 2.05) is 0 Å². The minimum Gasteiger partial charge on any atom is -0.245 e. The Morgan fingerprint density at radius 2 is 1.40 bits per heavy atom. The van der Waals surface area contributed by atoms with Gasteiger partial charge in [-0.3, -0.25) is 0 Å². The van der Waals surface area contributed by atoms with Crippen LogP contribution in [-0.4, -0.2) is 0 Å². The largest absolute Gasteiger partial charge is 1.00 e. The fraction of sp³-hybridized carbons (Fsp3) is 0.667. The molecule has 0 nitrogen and oxygen atoms in total. The van der Waals surface area contributed by atoms with Crippen LogP contribution in [0.2, 0.25) is 0 Å². The Bertz CT molecular complexity index is 38.0. The summed E-state index contributed by atoms with van der Waals surface area (Å²) in [6.45, 7) is 11.0. The first kappa shape index (κ1) is 16.7. The van der Waals surface area contributed by atoms with Gasteiger partial charge in [0.15, 0.2) is 0 Å². The molecule has 0 N–H and O–H groups in total. The van der Waals surface area contributed by atoms with E-state index in [1.54, 1.807) is 0 Å². The van der Waals surface area contributed by atoms with Crippen LogP contribution in [-0.2, 0) is 0 Å². The number of rotatable bonds is 3. The number of unbranched alkanes of at least 4 members (excludes halogenated alkanes) is 3. The second kappa shape index (κ2) is 22.9. The Morgan fingerprint density at radius 1 is 1.20 bits per heavy atom. The molecule has 0 aromatic rings. The summed E-state index contributed by atoms with van der Waals surface area (Å²) in [5.74, 6) is 0. The van der Waals surface area contributed by atoms with Crippen LogP contribution in [0.4, 0.5) is 0 Å². The number of hydrogen-bond acceptors (Lipinski definition) is 0. The van der Waals surface area contributed by atoms with Crippen molar-refractivity contribution in [3.8, 4) is 0 Å². The minimum atomic E-state index is 0. The molecule has 10 heavy (non-hydrogen) atoms. The monoisotopic (exact) mass is 134 g/mol. The van der Waals surface area contributed by atoms with E-state index in [1.165, 1.54) is 31.8 Å². The molecule has 0 unspecified atom stereocenters. The average Bonchev–Trinajstić information content (AvgIpc) is 1.86. The number of allylic oxidation sites excluding steroid dienone is 1. The van der Waals surface area contributed by atoms with E-state index < -0.39 is 0 Å². The molecule has 0 aromatic heterocycles. The predicted molar refractivity (Wildman–Crippen MR) is 45.4 cm³/mol. The molecular weight excluding hydrogens is 115 g/mol. The van der Waals surface area contributed by atoms with Gasteiger partial charge < -0.3 is 0 Å². The smallest absolute Gasteiger partial charge is 0.245 e. The third-order valence-corrected chi connectivity index (χ3v) is 0.957. The van der Waals surface area contributed by atoms with Crippen molar-refractivity contribution in [2.45, 2.75) is 39.5 Å². The molecule has 0 amide bonds. The molecule has 0 radical (unpaired) electrons. The summed E-state index contributed by atoms with van der Waals surface area (Å²) in [6.07, 6.45) is 7.04. The Balaban J connectivity index is -0.000000107. The zero-order chi connectivity index (χ0) is 7.54. The molecule has 0 heterocycles. The third-order valence-electron chi connectivity index (χ3n) is 0.957. The van der Waals surface area contributed by atoms with Gasteiger partial charge in [0.2, 0.25) is 0 Å². The molecular formula is C9H19Li. The Hall–Kier alpha value is 0.207. The molecule has 0 fully saturated rings. The van der Waals surface area contributed by atoms with Crippen molar-refractivity contribution in [2.75, 3.05) is 0 Å². The summed E-state index contributed by atoms with van der Waals surface area (Å²) in [5.41, 5.74) is 0. The molecule has 0 saturated carbocycles. The Morgan fingerprint density at radius 3 is 1.50 bits per heavy atom. The van der Waals surface area contributed by atoms with Crippen molar-refractivity contribution < 1.29 is 18.9 Å². The quantitative estimate of drug-likeness (QED) is 0.301. The van der Waals surface area contributed by atoms with Crippen molar-refractivity contribution in [1.29, 1.82) is 0 Å². The van der Waals surface area contributed by atoms with Gasteiger partial charge in [-0.15, -0.1) is 0 Å². The fourth-order valence-corrected chi connectivity index (χ4v) is 0.500. The maximum atomic E-state index is 3.25. The van der Waals surface area contributed by atoms with E-state index in [0.717, 1.165) is 0 Å². The van der Waals surface area contributed by atoms with Crippen LogP contribution in [0.1, 0.15) is 39.5 Å². The van der Waals surface area contributed by atoms with Crippen LogP contribution in [0.15, 0.2) is 12.7 Å². The average molecular weight is 134 g/mol. The molecule has 0 rings (SSSR count). The van der Waals surface area contributed by atoms with Crippen LogP contribution in [0.3, 0.4) is 0 Å². The van der Waals surface area contributed by atoms with Crippen LogP contribution in [0.25, 0.3) is 0 Å². The summed E-state index contributed by atoms with van der Waals surface area (Å²) < 4.78 is 0. The summed E-state index contributed by atoms with van der Waals surface area (Å²) >= 11 is 0. The summed E-state index contributed by atoms with van der Waals surface area (Å²) in [4.78, 5) is 0. The second-order valence-electron chi connectivity index (χ2n) is 2.00. The Kier molecular flexibility index (Phi) is 38.1. The molecule has 0 aliphatic heterocycles. The maximum Gasteiger partial charge on any atom is 1.00 e. The summed E-state index contributed by atoms with van der Waals surface area (Å²) in [5, 5.41) is 0. The van der Waals surface area contributed by atoms with Gasteiger partial charge in [-0.2, -0.15) is 0 Å². The standard InChI is InChI=1S/C6H14.C3H5.Li/c1-3-5-6-4-2;1-3-2;/h3-6H2,1-2H3;3H,1-2H2;/q;-1;+1. The first-order valence-electron chi connectivity index (χ1n) is 3.73. The van der Waals surface area contributed by atoms with E-state index in [-0.39, 0.29) is 18.9 Å². The van der Waals surface area contributed by atoms with Gasteiger partial charge in [-0.05, 0) is 0 Å². The Labute approximate surface area is 78.3 Å². The molecule has 0 spiro atoms. The zero-order valence-corrected chi connectivity index (χ0v) is 7.82. The first-order chi connectivity index (χ1) is 4.33. The summed E-state index contributed by atoms with van der Waals surface area (Å²) in [7, 11) is 0. The molecule has 56 valence electrons. The molecule has 0 aliphatic rings. The molecule has 0 aliphatic carbocycles. The summed E-state index contributed by atoms with van der Waals surface area (Å²) in [6, 6.07) is 0. The van der Waals surface area contributed by atoms with Gasteiger partial charge in [0.1, 0.15) is 0 Å². The van der Waals surface area contributed by atoms with Crippen molar-refractivity contribution in [3.05, 3.63) is 19.6 Å². The van der Waals surface area contributed by atoms with Gasteiger partial charge in [-0.1, -0.05) is 39.5 Å². The van der Waals surface area contributed by atoms with Crippen molar-refractivity contribution >= 4 is 0 Å². The van der Waals surface area contributed by atoms with Crippen LogP contribution in [0, 0.1) is 6.92 Å². The van der Waals surface area contributed by atoms with E-state index in [0.29, 0.717) is 0 Å². The van der Waals surface area contributed by atoms with Gasteiger partial charge in [0.25, 0.3) is 0 Å². The van der Waals surface area contributed by atoms with Crippen LogP contribution in [0.5, 0.6) is 0 Å². The number of hydrogen-bond donors (Lipinski definition) is 0. The van der Waals surface area contributed by atoms with Gasteiger partial charge >= 0.3 is 18.9 Å². The second-order valence-corrected chi connectivity index (χ2v) is 2.00. The third kappa shape index (κ3) is 41.4. The van der Waals surface area contributed by atoms with Crippen molar-refractivity contribution in [1.82, 2.24) is 0 Å². The molecule has 0 saturated heterocycles. The SMILES string of the molecule is C=C[CH2-].CCCCCC.[Li+]. The fourth-order valence-electron chi connectivity index (χ4n) is 0.500. The zero-order valence-electron chi connectivity index (χ0n) is 7.82. The predicted octanol–water partition coefficient (Wildman–Crippen LogP) is 0.597. The van der Waals surface area contributed by atoms with E-state index >= 15 is 0 Å². The molecule has 0 aromatic carbocycles. The maximum absolute atomic E-state index is 3.25. The molecule has 1 heteroatoms. The van der Waals surface area contributed by atoms with Gasteiger partial charge in [0.05, 0.1) is 0 Å². The molecule has 0 atom stereocenters. The van der Waals surface area contributed by atoms with Crippen LogP contribution >= 0.6 is 0 Å². The van der Waals surface area contributed by atoms with E-state index in [9.17, 15) is 0 Å². The van der Waals surface area contributed by atoms with Crippen molar-refractivity contribution in [2.24, 2.45) is 0 Å². The molecule has 0 bridgehead atoms. The first-order valence-corrected chi connectivity index (χ1v) is 3.73.